The Morgan fingerprint density at radius 3 is 2.68 bits per heavy atom. The average molecular weight is 328 g/mol. The van der Waals surface area contributed by atoms with Crippen molar-refractivity contribution in [1.82, 2.24) is 15.0 Å². The standard InChI is InChI=1S/C20H16N4O/c1-25-16-8-4-7-15(12-16)22-20-17-9-2-3-10-18(17)23-19(24-20)14-6-5-11-21-13-14/h2-13H,1H3,(H,22,23,24). The summed E-state index contributed by atoms with van der Waals surface area (Å²) in [5.41, 5.74) is 2.66. The number of hydrogen-bond donors (Lipinski definition) is 1. The lowest BCUT2D eigenvalue weighted by Crippen LogP contribution is -1.99. The largest absolute Gasteiger partial charge is 0.497 e. The Morgan fingerprint density at radius 2 is 1.84 bits per heavy atom. The molecule has 122 valence electrons. The number of nitrogens with zero attached hydrogens (tertiary/aromatic N) is 3. The van der Waals surface area contributed by atoms with Crippen LogP contribution in [0.3, 0.4) is 0 Å². The fraction of sp³-hybridized carbons (Fsp3) is 0.0500. The highest BCUT2D eigenvalue weighted by atomic mass is 16.5. The number of rotatable bonds is 4. The van der Waals surface area contributed by atoms with Gasteiger partial charge >= 0.3 is 0 Å². The van der Waals surface area contributed by atoms with E-state index in [2.05, 4.69) is 15.3 Å². The molecule has 0 amide bonds. The van der Waals surface area contributed by atoms with Crippen LogP contribution in [0.2, 0.25) is 0 Å². The van der Waals surface area contributed by atoms with Gasteiger partial charge in [-0.25, -0.2) is 9.97 Å². The molecule has 25 heavy (non-hydrogen) atoms. The minimum Gasteiger partial charge on any atom is -0.497 e. The lowest BCUT2D eigenvalue weighted by atomic mass is 10.2. The predicted octanol–water partition coefficient (Wildman–Crippen LogP) is 4.44. The number of anilines is 2. The van der Waals surface area contributed by atoms with Gasteiger partial charge in [0.25, 0.3) is 0 Å². The van der Waals surface area contributed by atoms with Crippen LogP contribution in [0.15, 0.2) is 73.1 Å². The summed E-state index contributed by atoms with van der Waals surface area (Å²) < 4.78 is 5.29. The van der Waals surface area contributed by atoms with Crippen molar-refractivity contribution >= 4 is 22.4 Å². The number of methoxy groups -OCH3 is 1. The van der Waals surface area contributed by atoms with E-state index in [-0.39, 0.29) is 0 Å². The van der Waals surface area contributed by atoms with E-state index < -0.39 is 0 Å². The molecular weight excluding hydrogens is 312 g/mol. The molecule has 2 heterocycles. The Kier molecular flexibility index (Phi) is 3.96. The third-order valence-corrected chi connectivity index (χ3v) is 3.86. The van der Waals surface area contributed by atoms with Gasteiger partial charge in [0, 0.05) is 35.1 Å². The average Bonchev–Trinajstić information content (AvgIpc) is 2.69. The molecular formula is C20H16N4O. The molecule has 4 aromatic rings. The van der Waals surface area contributed by atoms with E-state index in [1.54, 1.807) is 19.5 Å². The molecule has 0 bridgehead atoms. The van der Waals surface area contributed by atoms with Gasteiger partial charge in [-0.2, -0.15) is 0 Å². The van der Waals surface area contributed by atoms with Crippen LogP contribution in [0.4, 0.5) is 11.5 Å². The van der Waals surface area contributed by atoms with Crippen LogP contribution in [-0.4, -0.2) is 22.1 Å². The molecule has 0 unspecified atom stereocenters. The van der Waals surface area contributed by atoms with Crippen LogP contribution >= 0.6 is 0 Å². The molecule has 1 N–H and O–H groups in total. The minimum absolute atomic E-state index is 0.636. The monoisotopic (exact) mass is 328 g/mol. The molecule has 0 fully saturated rings. The van der Waals surface area contributed by atoms with Gasteiger partial charge in [0.05, 0.1) is 12.6 Å². The minimum atomic E-state index is 0.636. The number of nitrogens with one attached hydrogen (secondary N) is 1. The lowest BCUT2D eigenvalue weighted by Gasteiger charge is -2.11. The Morgan fingerprint density at radius 1 is 0.920 bits per heavy atom. The third-order valence-electron chi connectivity index (χ3n) is 3.86. The first-order valence-electron chi connectivity index (χ1n) is 7.92. The molecule has 2 aromatic carbocycles. The molecule has 0 aliphatic carbocycles. The molecule has 5 nitrogen and oxygen atoms in total. The van der Waals surface area contributed by atoms with E-state index in [9.17, 15) is 0 Å². The zero-order chi connectivity index (χ0) is 17.1. The zero-order valence-corrected chi connectivity index (χ0v) is 13.7. The summed E-state index contributed by atoms with van der Waals surface area (Å²) in [5.74, 6) is 2.17. The molecule has 4 rings (SSSR count). The van der Waals surface area contributed by atoms with E-state index in [1.165, 1.54) is 0 Å². The number of pyridine rings is 1. The quantitative estimate of drug-likeness (QED) is 0.600. The number of ether oxygens (including phenoxy) is 1. The van der Waals surface area contributed by atoms with Gasteiger partial charge in [-0.05, 0) is 36.4 Å². The second-order valence-corrected chi connectivity index (χ2v) is 5.51. The predicted molar refractivity (Wildman–Crippen MR) is 99.0 cm³/mol. The Labute approximate surface area is 145 Å². The van der Waals surface area contributed by atoms with Gasteiger partial charge in [0.2, 0.25) is 0 Å². The van der Waals surface area contributed by atoms with Gasteiger partial charge in [-0.15, -0.1) is 0 Å². The lowest BCUT2D eigenvalue weighted by molar-refractivity contribution is 0.415. The first-order valence-corrected chi connectivity index (χ1v) is 7.92. The summed E-state index contributed by atoms with van der Waals surface area (Å²) in [6, 6.07) is 19.5. The molecule has 0 saturated carbocycles. The maximum atomic E-state index is 5.29. The summed E-state index contributed by atoms with van der Waals surface area (Å²) in [6.45, 7) is 0. The Balaban J connectivity index is 1.83. The van der Waals surface area contributed by atoms with E-state index >= 15 is 0 Å². The summed E-state index contributed by atoms with van der Waals surface area (Å²) in [5, 5.41) is 4.34. The fourth-order valence-electron chi connectivity index (χ4n) is 2.63. The van der Waals surface area contributed by atoms with Crippen molar-refractivity contribution in [2.24, 2.45) is 0 Å². The first-order chi connectivity index (χ1) is 12.3. The molecule has 2 aromatic heterocycles. The highest BCUT2D eigenvalue weighted by molar-refractivity contribution is 5.92. The van der Waals surface area contributed by atoms with Gasteiger partial charge in [0.1, 0.15) is 11.6 Å². The summed E-state index contributed by atoms with van der Waals surface area (Å²) >= 11 is 0. The van der Waals surface area contributed by atoms with Crippen LogP contribution in [-0.2, 0) is 0 Å². The fourth-order valence-corrected chi connectivity index (χ4v) is 2.63. The van der Waals surface area contributed by atoms with E-state index in [0.717, 1.165) is 33.7 Å². The van der Waals surface area contributed by atoms with Crippen LogP contribution in [0.1, 0.15) is 0 Å². The number of para-hydroxylation sites is 1. The third kappa shape index (κ3) is 3.12. The highest BCUT2D eigenvalue weighted by Crippen LogP contribution is 2.28. The number of aromatic nitrogens is 3. The van der Waals surface area contributed by atoms with Gasteiger partial charge in [0.15, 0.2) is 5.82 Å². The molecule has 5 heteroatoms. The molecule has 0 aliphatic heterocycles. The normalized spacial score (nSPS) is 10.6. The summed E-state index contributed by atoms with van der Waals surface area (Å²) in [4.78, 5) is 13.5. The van der Waals surface area contributed by atoms with Crippen molar-refractivity contribution in [3.63, 3.8) is 0 Å². The maximum absolute atomic E-state index is 5.29. The smallest absolute Gasteiger partial charge is 0.163 e. The van der Waals surface area contributed by atoms with Crippen molar-refractivity contribution in [1.29, 1.82) is 0 Å². The molecule has 0 spiro atoms. The van der Waals surface area contributed by atoms with E-state index in [0.29, 0.717) is 5.82 Å². The van der Waals surface area contributed by atoms with Crippen molar-refractivity contribution in [2.75, 3.05) is 12.4 Å². The first kappa shape index (κ1) is 15.1. The topological polar surface area (TPSA) is 59.9 Å². The van der Waals surface area contributed by atoms with E-state index in [1.807, 2.05) is 60.7 Å². The van der Waals surface area contributed by atoms with Gasteiger partial charge < -0.3 is 10.1 Å². The van der Waals surface area contributed by atoms with Crippen molar-refractivity contribution in [3.05, 3.63) is 73.1 Å². The van der Waals surface area contributed by atoms with Crippen LogP contribution in [0, 0.1) is 0 Å². The summed E-state index contributed by atoms with van der Waals surface area (Å²) in [6.07, 6.45) is 3.50. The maximum Gasteiger partial charge on any atom is 0.163 e. The van der Waals surface area contributed by atoms with Crippen molar-refractivity contribution in [3.8, 4) is 17.1 Å². The summed E-state index contributed by atoms with van der Waals surface area (Å²) in [7, 11) is 1.65. The highest BCUT2D eigenvalue weighted by Gasteiger charge is 2.10. The van der Waals surface area contributed by atoms with Gasteiger partial charge in [-0.3, -0.25) is 4.98 Å². The molecule has 0 radical (unpaired) electrons. The van der Waals surface area contributed by atoms with Crippen LogP contribution in [0.5, 0.6) is 5.75 Å². The van der Waals surface area contributed by atoms with Crippen LogP contribution < -0.4 is 10.1 Å². The number of hydrogen-bond acceptors (Lipinski definition) is 5. The SMILES string of the molecule is COc1cccc(Nc2nc(-c3cccnc3)nc3ccccc23)c1. The second kappa shape index (κ2) is 6.57. The Bertz CT molecular complexity index is 1020. The zero-order valence-electron chi connectivity index (χ0n) is 13.7. The molecule has 0 atom stereocenters. The van der Waals surface area contributed by atoms with Crippen molar-refractivity contribution in [2.45, 2.75) is 0 Å². The Hall–Kier alpha value is -3.47. The van der Waals surface area contributed by atoms with Crippen molar-refractivity contribution < 1.29 is 4.74 Å². The number of fused-ring (bicyclic) bond motifs is 1. The van der Waals surface area contributed by atoms with E-state index in [4.69, 9.17) is 9.72 Å². The molecule has 0 aliphatic rings. The van der Waals surface area contributed by atoms with Crippen LogP contribution in [0.25, 0.3) is 22.3 Å². The molecule has 0 saturated heterocycles. The second-order valence-electron chi connectivity index (χ2n) is 5.51. The van der Waals surface area contributed by atoms with Gasteiger partial charge in [-0.1, -0.05) is 18.2 Å². The number of benzene rings is 2.